The van der Waals surface area contributed by atoms with Gasteiger partial charge >= 0.3 is 0 Å². The SMILES string of the molecule is N=c1c2c(ncn1O)ncn2Cc1ccccc1. The molecule has 2 aromatic heterocycles. The molecule has 90 valence electrons. The van der Waals surface area contributed by atoms with Crippen LogP contribution in [0.1, 0.15) is 5.56 Å². The summed E-state index contributed by atoms with van der Waals surface area (Å²) in [5.74, 6) is 0. The summed E-state index contributed by atoms with van der Waals surface area (Å²) in [5.41, 5.74) is 2.06. The Morgan fingerprint density at radius 1 is 1.11 bits per heavy atom. The summed E-state index contributed by atoms with van der Waals surface area (Å²) >= 11 is 0. The standard InChI is InChI=1S/C12H11N5O/c13-11-10-12(15-8-17(11)18)14-7-16(10)6-9-4-2-1-3-5-9/h1-5,7-8,13,18H,6H2. The molecule has 0 aliphatic rings. The van der Waals surface area contributed by atoms with Crippen molar-refractivity contribution in [3.05, 3.63) is 54.0 Å². The van der Waals surface area contributed by atoms with E-state index in [9.17, 15) is 5.21 Å². The normalized spacial score (nSPS) is 10.9. The van der Waals surface area contributed by atoms with Crippen LogP contribution in [-0.2, 0) is 6.54 Å². The molecule has 0 radical (unpaired) electrons. The van der Waals surface area contributed by atoms with Crippen molar-refractivity contribution in [2.45, 2.75) is 6.54 Å². The maximum atomic E-state index is 9.45. The average molecular weight is 241 g/mol. The molecule has 2 heterocycles. The van der Waals surface area contributed by atoms with Gasteiger partial charge in [0.1, 0.15) is 11.8 Å². The Balaban J connectivity index is 2.13. The van der Waals surface area contributed by atoms with Crippen LogP contribution >= 0.6 is 0 Å². The molecule has 0 saturated carbocycles. The number of nitrogens with one attached hydrogen (secondary N) is 1. The predicted octanol–water partition coefficient (Wildman–Crippen LogP) is 0.998. The average Bonchev–Trinajstić information content (AvgIpc) is 2.79. The lowest BCUT2D eigenvalue weighted by molar-refractivity contribution is 0.168. The van der Waals surface area contributed by atoms with Crippen LogP contribution in [0.25, 0.3) is 11.2 Å². The molecule has 0 aliphatic heterocycles. The quantitative estimate of drug-likeness (QED) is 0.657. The molecule has 3 rings (SSSR count). The highest BCUT2D eigenvalue weighted by molar-refractivity contribution is 5.68. The summed E-state index contributed by atoms with van der Waals surface area (Å²) in [6.07, 6.45) is 2.80. The van der Waals surface area contributed by atoms with E-state index in [-0.39, 0.29) is 5.49 Å². The molecule has 1 aromatic carbocycles. The van der Waals surface area contributed by atoms with Crippen molar-refractivity contribution in [1.29, 1.82) is 5.41 Å². The van der Waals surface area contributed by atoms with Gasteiger partial charge in [-0.05, 0) is 5.56 Å². The van der Waals surface area contributed by atoms with Gasteiger partial charge in [0.15, 0.2) is 11.1 Å². The van der Waals surface area contributed by atoms with E-state index in [4.69, 9.17) is 5.41 Å². The van der Waals surface area contributed by atoms with Crippen molar-refractivity contribution >= 4 is 11.2 Å². The molecule has 0 fully saturated rings. The van der Waals surface area contributed by atoms with E-state index in [0.717, 1.165) is 5.56 Å². The Labute approximate surface area is 102 Å². The van der Waals surface area contributed by atoms with Crippen molar-refractivity contribution in [2.24, 2.45) is 0 Å². The molecule has 0 unspecified atom stereocenters. The first-order valence-electron chi connectivity index (χ1n) is 5.46. The second-order valence-electron chi connectivity index (χ2n) is 3.97. The van der Waals surface area contributed by atoms with Gasteiger partial charge in [-0.3, -0.25) is 5.41 Å². The maximum absolute atomic E-state index is 9.45. The molecule has 2 N–H and O–H groups in total. The molecule has 0 saturated heterocycles. The number of hydrogen-bond donors (Lipinski definition) is 2. The second-order valence-corrected chi connectivity index (χ2v) is 3.97. The number of imidazole rings is 1. The number of fused-ring (bicyclic) bond motifs is 1. The smallest absolute Gasteiger partial charge is 0.190 e. The molecular formula is C12H11N5O. The number of benzene rings is 1. The van der Waals surface area contributed by atoms with Crippen molar-refractivity contribution < 1.29 is 5.21 Å². The van der Waals surface area contributed by atoms with E-state index < -0.39 is 0 Å². The van der Waals surface area contributed by atoms with Crippen molar-refractivity contribution in [3.63, 3.8) is 0 Å². The molecule has 0 aliphatic carbocycles. The summed E-state index contributed by atoms with van der Waals surface area (Å²) in [7, 11) is 0. The van der Waals surface area contributed by atoms with Gasteiger partial charge in [-0.25, -0.2) is 9.97 Å². The van der Waals surface area contributed by atoms with Crippen LogP contribution in [0.3, 0.4) is 0 Å². The fourth-order valence-corrected chi connectivity index (χ4v) is 1.88. The van der Waals surface area contributed by atoms with Crippen LogP contribution < -0.4 is 5.49 Å². The highest BCUT2D eigenvalue weighted by Crippen LogP contribution is 2.08. The summed E-state index contributed by atoms with van der Waals surface area (Å²) in [5, 5.41) is 17.3. The zero-order valence-corrected chi connectivity index (χ0v) is 9.48. The Bertz CT molecular complexity index is 744. The van der Waals surface area contributed by atoms with Crippen LogP contribution in [0.15, 0.2) is 43.0 Å². The monoisotopic (exact) mass is 241 g/mol. The first-order chi connectivity index (χ1) is 8.75. The van der Waals surface area contributed by atoms with Crippen LogP contribution in [0.2, 0.25) is 0 Å². The zero-order valence-electron chi connectivity index (χ0n) is 9.48. The van der Waals surface area contributed by atoms with Gasteiger partial charge in [0, 0.05) is 6.54 Å². The van der Waals surface area contributed by atoms with E-state index >= 15 is 0 Å². The fourth-order valence-electron chi connectivity index (χ4n) is 1.88. The summed E-state index contributed by atoms with van der Waals surface area (Å²) in [4.78, 5) is 8.09. The Morgan fingerprint density at radius 3 is 2.61 bits per heavy atom. The van der Waals surface area contributed by atoms with Gasteiger partial charge in [-0.1, -0.05) is 30.3 Å². The summed E-state index contributed by atoms with van der Waals surface area (Å²) < 4.78 is 2.48. The molecular weight excluding hydrogens is 230 g/mol. The Kier molecular flexibility index (Phi) is 2.33. The fraction of sp³-hybridized carbons (Fsp3) is 0.0833. The molecule has 0 bridgehead atoms. The molecule has 0 atom stereocenters. The lowest BCUT2D eigenvalue weighted by Crippen LogP contribution is -2.20. The van der Waals surface area contributed by atoms with E-state index in [2.05, 4.69) is 9.97 Å². The topological polar surface area (TPSA) is 79.7 Å². The van der Waals surface area contributed by atoms with Gasteiger partial charge < -0.3 is 9.77 Å². The van der Waals surface area contributed by atoms with Crippen molar-refractivity contribution in [1.82, 2.24) is 19.3 Å². The third-order valence-electron chi connectivity index (χ3n) is 2.76. The van der Waals surface area contributed by atoms with Gasteiger partial charge in [0.25, 0.3) is 0 Å². The van der Waals surface area contributed by atoms with Gasteiger partial charge in [0.2, 0.25) is 0 Å². The summed E-state index contributed by atoms with van der Waals surface area (Å²) in [6.45, 7) is 0.592. The number of rotatable bonds is 2. The predicted molar refractivity (Wildman–Crippen MR) is 64.1 cm³/mol. The van der Waals surface area contributed by atoms with Gasteiger partial charge in [-0.2, -0.15) is 4.73 Å². The lowest BCUT2D eigenvalue weighted by atomic mass is 10.2. The third-order valence-corrected chi connectivity index (χ3v) is 2.76. The Morgan fingerprint density at radius 2 is 1.83 bits per heavy atom. The van der Waals surface area contributed by atoms with E-state index in [1.807, 2.05) is 30.3 Å². The van der Waals surface area contributed by atoms with Crippen molar-refractivity contribution in [3.8, 4) is 0 Å². The highest BCUT2D eigenvalue weighted by Gasteiger charge is 2.08. The molecule has 0 amide bonds. The van der Waals surface area contributed by atoms with Gasteiger partial charge in [0.05, 0.1) is 6.33 Å². The number of nitrogens with zero attached hydrogens (tertiary/aromatic N) is 4. The van der Waals surface area contributed by atoms with E-state index in [1.165, 1.54) is 6.33 Å². The van der Waals surface area contributed by atoms with E-state index in [1.54, 1.807) is 10.9 Å². The Hall–Kier alpha value is -2.63. The third kappa shape index (κ3) is 1.64. The van der Waals surface area contributed by atoms with Crippen LogP contribution in [0.4, 0.5) is 0 Å². The van der Waals surface area contributed by atoms with Crippen LogP contribution in [0, 0.1) is 5.41 Å². The largest absolute Gasteiger partial charge is 0.425 e. The molecule has 18 heavy (non-hydrogen) atoms. The zero-order chi connectivity index (χ0) is 12.5. The second kappa shape index (κ2) is 3.99. The first-order valence-corrected chi connectivity index (χ1v) is 5.46. The molecule has 3 aromatic rings. The molecule has 6 nitrogen and oxygen atoms in total. The number of hydrogen-bond acceptors (Lipinski definition) is 4. The molecule has 0 spiro atoms. The maximum Gasteiger partial charge on any atom is 0.190 e. The van der Waals surface area contributed by atoms with Crippen LogP contribution in [-0.4, -0.2) is 24.5 Å². The van der Waals surface area contributed by atoms with Crippen LogP contribution in [0.5, 0.6) is 0 Å². The van der Waals surface area contributed by atoms with E-state index in [0.29, 0.717) is 22.4 Å². The highest BCUT2D eigenvalue weighted by atomic mass is 16.5. The lowest BCUT2D eigenvalue weighted by Gasteiger charge is -2.04. The van der Waals surface area contributed by atoms with Crippen molar-refractivity contribution in [2.75, 3.05) is 0 Å². The first kappa shape index (κ1) is 10.5. The van der Waals surface area contributed by atoms with Gasteiger partial charge in [-0.15, -0.1) is 0 Å². The minimum Gasteiger partial charge on any atom is -0.425 e. The summed E-state index contributed by atoms with van der Waals surface area (Å²) in [6, 6.07) is 9.87. The minimum absolute atomic E-state index is 0.0200. The minimum atomic E-state index is -0.0200. The molecule has 6 heteroatoms. The number of aromatic nitrogens is 4.